The van der Waals surface area contributed by atoms with Crippen LogP contribution in [0.3, 0.4) is 0 Å². The van der Waals surface area contributed by atoms with Crippen LogP contribution in [0.25, 0.3) is 0 Å². The molecule has 1 atom stereocenters. The van der Waals surface area contributed by atoms with Crippen molar-refractivity contribution >= 4 is 29.1 Å². The van der Waals surface area contributed by atoms with Gasteiger partial charge in [-0.25, -0.2) is 4.39 Å². The van der Waals surface area contributed by atoms with E-state index in [1.807, 2.05) is 4.90 Å². The van der Waals surface area contributed by atoms with Crippen molar-refractivity contribution in [1.82, 2.24) is 15.5 Å². The first-order chi connectivity index (χ1) is 18.8. The average molecular weight is 563 g/mol. The van der Waals surface area contributed by atoms with Crippen molar-refractivity contribution < 1.29 is 23.8 Å². The first-order valence-corrected chi connectivity index (χ1v) is 14.1. The van der Waals surface area contributed by atoms with Crippen LogP contribution in [0.2, 0.25) is 5.02 Å². The molecule has 0 saturated heterocycles. The number of halogens is 2. The molecule has 0 fully saturated rings. The number of hydrogen-bond acceptors (Lipinski definition) is 6. The minimum absolute atomic E-state index is 0.0159. The summed E-state index contributed by atoms with van der Waals surface area (Å²) in [6.07, 6.45) is 4.78. The Hall–Kier alpha value is -2.88. The van der Waals surface area contributed by atoms with Gasteiger partial charge in [0.1, 0.15) is 17.3 Å². The standard InChI is InChI=1S/C29H40ClFN4O4/c1-3-4-5-20(2)35(27(38)10-13-32-11-8-21-16-23(30)18-24(31)17-21)15-14-33-12-9-22-6-7-25(36)28-29(22)39-19-26(37)34-28/h6-7,16-18,20,32-33,36H,3-5,8-15,19H2,1-2H3,(H,34,37). The second-order valence-corrected chi connectivity index (χ2v) is 10.3. The van der Waals surface area contributed by atoms with Crippen molar-refractivity contribution in [2.24, 2.45) is 0 Å². The number of benzene rings is 2. The Kier molecular flexibility index (Phi) is 12.3. The minimum Gasteiger partial charge on any atom is -0.506 e. The highest BCUT2D eigenvalue weighted by Gasteiger charge is 2.22. The normalized spacial score (nSPS) is 13.4. The molecule has 3 rings (SSSR count). The summed E-state index contributed by atoms with van der Waals surface area (Å²) in [7, 11) is 0. The zero-order valence-electron chi connectivity index (χ0n) is 22.8. The Morgan fingerprint density at radius 3 is 2.72 bits per heavy atom. The highest BCUT2D eigenvalue weighted by atomic mass is 35.5. The lowest BCUT2D eigenvalue weighted by atomic mass is 10.1. The Balaban J connectivity index is 1.43. The molecule has 10 heteroatoms. The van der Waals surface area contributed by atoms with E-state index in [0.717, 1.165) is 30.4 Å². The van der Waals surface area contributed by atoms with Gasteiger partial charge in [-0.15, -0.1) is 0 Å². The third-order valence-electron chi connectivity index (χ3n) is 6.79. The molecule has 0 aliphatic carbocycles. The topological polar surface area (TPSA) is 103 Å². The number of unbranched alkanes of at least 4 members (excludes halogenated alkanes) is 1. The highest BCUT2D eigenvalue weighted by molar-refractivity contribution is 6.30. The first-order valence-electron chi connectivity index (χ1n) is 13.7. The van der Waals surface area contributed by atoms with Crippen molar-refractivity contribution in [1.29, 1.82) is 0 Å². The van der Waals surface area contributed by atoms with Gasteiger partial charge in [0.15, 0.2) is 12.4 Å². The van der Waals surface area contributed by atoms with Crippen LogP contribution in [0.15, 0.2) is 30.3 Å². The third-order valence-corrected chi connectivity index (χ3v) is 7.00. The van der Waals surface area contributed by atoms with Crippen LogP contribution in [0.4, 0.5) is 10.1 Å². The van der Waals surface area contributed by atoms with Crippen LogP contribution in [0, 0.1) is 5.82 Å². The summed E-state index contributed by atoms with van der Waals surface area (Å²) in [5, 5.41) is 19.8. The van der Waals surface area contributed by atoms with E-state index >= 15 is 0 Å². The third kappa shape index (κ3) is 9.67. The number of nitrogens with one attached hydrogen (secondary N) is 3. The number of phenolic OH excluding ortho intramolecular Hbond substituents is 1. The number of carbonyl (C=O) groups is 2. The quantitative estimate of drug-likeness (QED) is 0.180. The van der Waals surface area contributed by atoms with E-state index in [4.69, 9.17) is 16.3 Å². The first kappa shape index (κ1) is 30.7. The number of nitrogens with zero attached hydrogens (tertiary/aromatic N) is 1. The summed E-state index contributed by atoms with van der Waals surface area (Å²) in [5.41, 5.74) is 2.04. The summed E-state index contributed by atoms with van der Waals surface area (Å²) in [5.74, 6) is -0.0327. The zero-order chi connectivity index (χ0) is 28.2. The molecular weight excluding hydrogens is 523 g/mol. The number of hydrogen-bond donors (Lipinski definition) is 4. The number of fused-ring (bicyclic) bond motifs is 1. The Morgan fingerprint density at radius 2 is 1.95 bits per heavy atom. The number of aromatic hydroxyl groups is 1. The zero-order valence-corrected chi connectivity index (χ0v) is 23.6. The summed E-state index contributed by atoms with van der Waals surface area (Å²) in [6.45, 7) is 7.27. The predicted molar refractivity (Wildman–Crippen MR) is 152 cm³/mol. The van der Waals surface area contributed by atoms with Crippen LogP contribution in [0.1, 0.15) is 50.7 Å². The van der Waals surface area contributed by atoms with Gasteiger partial charge in [-0.05, 0) is 74.7 Å². The molecular formula is C29H40ClFN4O4. The number of rotatable bonds is 16. The minimum atomic E-state index is -0.345. The fourth-order valence-electron chi connectivity index (χ4n) is 4.66. The highest BCUT2D eigenvalue weighted by Crippen LogP contribution is 2.39. The molecule has 1 heterocycles. The van der Waals surface area contributed by atoms with Crippen molar-refractivity contribution in [3.05, 3.63) is 52.3 Å². The van der Waals surface area contributed by atoms with E-state index in [9.17, 15) is 19.1 Å². The fraction of sp³-hybridized carbons (Fsp3) is 0.517. The number of carbonyl (C=O) groups excluding carboxylic acids is 2. The molecule has 4 N–H and O–H groups in total. The molecule has 0 spiro atoms. The van der Waals surface area contributed by atoms with E-state index in [-0.39, 0.29) is 36.0 Å². The second-order valence-electron chi connectivity index (χ2n) is 9.89. The van der Waals surface area contributed by atoms with Gasteiger partial charge in [0.05, 0.1) is 0 Å². The molecule has 0 saturated carbocycles. The second kappa shape index (κ2) is 15.6. The molecule has 8 nitrogen and oxygen atoms in total. The van der Waals surface area contributed by atoms with Crippen molar-refractivity contribution in [2.45, 2.75) is 58.4 Å². The molecule has 1 aliphatic heterocycles. The van der Waals surface area contributed by atoms with Gasteiger partial charge >= 0.3 is 0 Å². The van der Waals surface area contributed by atoms with Gasteiger partial charge in [-0.1, -0.05) is 37.4 Å². The van der Waals surface area contributed by atoms with Crippen molar-refractivity contribution in [3.8, 4) is 11.5 Å². The maximum absolute atomic E-state index is 13.5. The molecule has 1 unspecified atom stereocenters. The Morgan fingerprint density at radius 1 is 1.18 bits per heavy atom. The lowest BCUT2D eigenvalue weighted by Gasteiger charge is -2.30. The fourth-order valence-corrected chi connectivity index (χ4v) is 4.90. The molecule has 1 aliphatic rings. The van der Waals surface area contributed by atoms with Gasteiger partial charge in [0, 0.05) is 37.1 Å². The monoisotopic (exact) mass is 562 g/mol. The Bertz CT molecular complexity index is 1100. The SMILES string of the molecule is CCCCC(C)N(CCNCCc1ccc(O)c2c1OCC(=O)N2)C(=O)CCNCCc1cc(F)cc(Cl)c1. The van der Waals surface area contributed by atoms with Gasteiger partial charge < -0.3 is 30.7 Å². The van der Waals surface area contributed by atoms with Crippen LogP contribution in [-0.2, 0) is 22.4 Å². The molecule has 0 radical (unpaired) electrons. The smallest absolute Gasteiger partial charge is 0.262 e. The van der Waals surface area contributed by atoms with Gasteiger partial charge in [-0.2, -0.15) is 0 Å². The average Bonchev–Trinajstić information content (AvgIpc) is 2.89. The largest absolute Gasteiger partial charge is 0.506 e. The molecule has 0 aromatic heterocycles. The molecule has 0 bridgehead atoms. The maximum atomic E-state index is 13.5. The van der Waals surface area contributed by atoms with Gasteiger partial charge in [0.25, 0.3) is 5.91 Å². The van der Waals surface area contributed by atoms with Gasteiger partial charge in [-0.3, -0.25) is 9.59 Å². The van der Waals surface area contributed by atoms with E-state index in [1.165, 1.54) is 12.1 Å². The van der Waals surface area contributed by atoms with E-state index in [0.29, 0.717) is 68.4 Å². The van der Waals surface area contributed by atoms with Crippen LogP contribution < -0.4 is 20.7 Å². The molecule has 214 valence electrons. The van der Waals surface area contributed by atoms with E-state index in [2.05, 4.69) is 29.8 Å². The van der Waals surface area contributed by atoms with E-state index < -0.39 is 0 Å². The molecule has 2 aromatic carbocycles. The van der Waals surface area contributed by atoms with Crippen LogP contribution >= 0.6 is 11.6 Å². The lowest BCUT2D eigenvalue weighted by molar-refractivity contribution is -0.133. The number of ether oxygens (including phenoxy) is 1. The summed E-state index contributed by atoms with van der Waals surface area (Å²) in [6, 6.07) is 8.02. The summed E-state index contributed by atoms with van der Waals surface area (Å²) >= 11 is 5.92. The number of phenols is 1. The predicted octanol–water partition coefficient (Wildman–Crippen LogP) is 4.28. The maximum Gasteiger partial charge on any atom is 0.262 e. The van der Waals surface area contributed by atoms with Crippen LogP contribution in [0.5, 0.6) is 11.5 Å². The van der Waals surface area contributed by atoms with Crippen molar-refractivity contribution in [3.63, 3.8) is 0 Å². The van der Waals surface area contributed by atoms with Crippen LogP contribution in [-0.4, -0.2) is 67.2 Å². The molecule has 2 amide bonds. The number of amides is 2. The summed E-state index contributed by atoms with van der Waals surface area (Å²) < 4.78 is 19.1. The number of anilines is 1. The van der Waals surface area contributed by atoms with E-state index in [1.54, 1.807) is 18.2 Å². The molecule has 2 aromatic rings. The lowest BCUT2D eigenvalue weighted by Crippen LogP contribution is -2.43. The van der Waals surface area contributed by atoms with Gasteiger partial charge in [0.2, 0.25) is 5.91 Å². The summed E-state index contributed by atoms with van der Waals surface area (Å²) in [4.78, 5) is 26.6. The van der Waals surface area contributed by atoms with Crippen molar-refractivity contribution in [2.75, 3.05) is 44.6 Å². The molecule has 39 heavy (non-hydrogen) atoms. The Labute approximate surface area is 235 Å².